The molecule has 2 aromatic heterocycles. The van der Waals surface area contributed by atoms with Crippen molar-refractivity contribution in [3.05, 3.63) is 36.3 Å². The van der Waals surface area contributed by atoms with Gasteiger partial charge in [-0.3, -0.25) is 4.79 Å². The van der Waals surface area contributed by atoms with Crippen LogP contribution in [0, 0.1) is 5.41 Å². The summed E-state index contributed by atoms with van der Waals surface area (Å²) < 4.78 is 7.32. The van der Waals surface area contributed by atoms with Gasteiger partial charge < -0.3 is 19.6 Å². The molecule has 1 saturated carbocycles. The van der Waals surface area contributed by atoms with Crippen molar-refractivity contribution in [2.45, 2.75) is 38.8 Å². The lowest BCUT2D eigenvalue weighted by Crippen LogP contribution is -2.76. The summed E-state index contributed by atoms with van der Waals surface area (Å²) in [6, 6.07) is 5.43. The Bertz CT molecular complexity index is 765. The van der Waals surface area contributed by atoms with Gasteiger partial charge in [-0.25, -0.2) is 9.78 Å². The molecule has 7 heteroatoms. The van der Waals surface area contributed by atoms with E-state index in [1.807, 2.05) is 19.1 Å². The monoisotopic (exact) mass is 331 g/mol. The van der Waals surface area contributed by atoms with Crippen LogP contribution < -0.4 is 5.32 Å². The summed E-state index contributed by atoms with van der Waals surface area (Å²) in [4.78, 5) is 28.7. The predicted molar refractivity (Wildman–Crippen MR) is 86.8 cm³/mol. The first-order chi connectivity index (χ1) is 11.3. The fourth-order valence-corrected chi connectivity index (χ4v) is 3.34. The van der Waals surface area contributed by atoms with Gasteiger partial charge in [0.1, 0.15) is 16.9 Å². The summed E-state index contributed by atoms with van der Waals surface area (Å²) in [5.74, 6) is -1.55. The summed E-state index contributed by atoms with van der Waals surface area (Å²) in [6.07, 6.45) is 3.40. The van der Waals surface area contributed by atoms with Gasteiger partial charge in [-0.05, 0) is 19.1 Å². The molecular weight excluding hydrogens is 310 g/mol. The van der Waals surface area contributed by atoms with Crippen LogP contribution in [-0.2, 0) is 9.53 Å². The van der Waals surface area contributed by atoms with E-state index >= 15 is 0 Å². The van der Waals surface area contributed by atoms with Crippen molar-refractivity contribution in [3.63, 3.8) is 0 Å². The maximum Gasteiger partial charge on any atom is 0.330 e. The minimum atomic E-state index is -1.36. The lowest BCUT2D eigenvalue weighted by molar-refractivity contribution is -0.190. The molecule has 2 aromatic rings. The zero-order valence-electron chi connectivity index (χ0n) is 13.9. The first kappa shape index (κ1) is 16.4. The van der Waals surface area contributed by atoms with Crippen LogP contribution >= 0.6 is 0 Å². The Morgan fingerprint density at radius 2 is 2.21 bits per heavy atom. The summed E-state index contributed by atoms with van der Waals surface area (Å²) >= 11 is 0. The maximum atomic E-state index is 12.6. The topological polar surface area (TPSA) is 92.9 Å². The molecule has 2 N–H and O–H groups in total. The molecule has 0 aromatic carbocycles. The fraction of sp³-hybridized carbons (Fsp3) is 0.471. The highest BCUT2D eigenvalue weighted by Crippen LogP contribution is 2.51. The highest BCUT2D eigenvalue weighted by Gasteiger charge is 2.66. The number of fused-ring (bicyclic) bond motifs is 1. The van der Waals surface area contributed by atoms with Crippen LogP contribution in [0.2, 0.25) is 0 Å². The number of nitrogens with one attached hydrogen (secondary N) is 1. The van der Waals surface area contributed by atoms with E-state index in [9.17, 15) is 14.7 Å². The smallest absolute Gasteiger partial charge is 0.330 e. The van der Waals surface area contributed by atoms with Crippen molar-refractivity contribution >= 4 is 17.5 Å². The second kappa shape index (κ2) is 5.59. The summed E-state index contributed by atoms with van der Waals surface area (Å²) in [5, 5.41) is 12.4. The van der Waals surface area contributed by atoms with E-state index in [1.54, 1.807) is 36.7 Å². The molecule has 0 spiro atoms. The number of imidazole rings is 1. The standard InChI is InChI=1S/C17H21N3O4/c1-4-24-12-9-17(15(22)23,16(12,2)3)19-14(21)11-10-20-8-6-5-7-13(20)18-11/h5-8,10,12H,4,9H2,1-3H3,(H,19,21)(H,22,23)/t12-,17-/m1/s1. The lowest BCUT2D eigenvalue weighted by atomic mass is 9.54. The Labute approximate surface area is 139 Å². The number of ether oxygens (including phenoxy) is 1. The molecule has 0 aliphatic heterocycles. The first-order valence-electron chi connectivity index (χ1n) is 7.93. The number of carboxylic acid groups (broad SMARTS) is 1. The van der Waals surface area contributed by atoms with Crippen molar-refractivity contribution < 1.29 is 19.4 Å². The van der Waals surface area contributed by atoms with E-state index in [0.29, 0.717) is 12.3 Å². The molecule has 7 nitrogen and oxygen atoms in total. The van der Waals surface area contributed by atoms with Crippen LogP contribution in [-0.4, -0.2) is 44.6 Å². The molecule has 0 radical (unpaired) electrons. The fourth-order valence-electron chi connectivity index (χ4n) is 3.34. The van der Waals surface area contributed by atoms with Gasteiger partial charge in [0, 0.05) is 30.8 Å². The number of pyridine rings is 1. The van der Waals surface area contributed by atoms with Crippen molar-refractivity contribution in [3.8, 4) is 0 Å². The lowest BCUT2D eigenvalue weighted by Gasteiger charge is -2.58. The molecule has 0 unspecified atom stereocenters. The average Bonchev–Trinajstić information content (AvgIpc) is 2.97. The highest BCUT2D eigenvalue weighted by molar-refractivity contribution is 5.97. The second-order valence-corrected chi connectivity index (χ2v) is 6.63. The van der Waals surface area contributed by atoms with Gasteiger partial charge in [0.2, 0.25) is 0 Å². The molecule has 2 heterocycles. The quantitative estimate of drug-likeness (QED) is 0.870. The number of aromatic nitrogens is 2. The second-order valence-electron chi connectivity index (χ2n) is 6.63. The minimum Gasteiger partial charge on any atom is -0.479 e. The van der Waals surface area contributed by atoms with E-state index < -0.39 is 22.8 Å². The predicted octanol–water partition coefficient (Wildman–Crippen LogP) is 1.72. The number of carboxylic acids is 1. The average molecular weight is 331 g/mol. The van der Waals surface area contributed by atoms with Crippen LogP contribution in [0.3, 0.4) is 0 Å². The molecule has 3 rings (SSSR count). The van der Waals surface area contributed by atoms with E-state index in [2.05, 4.69) is 10.3 Å². The van der Waals surface area contributed by atoms with Crippen LogP contribution in [0.25, 0.3) is 5.65 Å². The summed E-state index contributed by atoms with van der Waals surface area (Å²) in [6.45, 7) is 5.97. The number of carbonyl (C=O) groups is 2. The highest BCUT2D eigenvalue weighted by atomic mass is 16.5. The molecular formula is C17H21N3O4. The van der Waals surface area contributed by atoms with Crippen LogP contribution in [0.5, 0.6) is 0 Å². The van der Waals surface area contributed by atoms with Gasteiger partial charge in [0.05, 0.1) is 6.10 Å². The Kier molecular flexibility index (Phi) is 3.83. The number of amides is 1. The van der Waals surface area contributed by atoms with Crippen molar-refractivity contribution in [2.24, 2.45) is 5.41 Å². The number of rotatable bonds is 5. The molecule has 128 valence electrons. The summed E-state index contributed by atoms with van der Waals surface area (Å²) in [5.41, 5.74) is -1.26. The molecule has 0 bridgehead atoms. The number of aliphatic carboxylic acids is 1. The molecule has 2 atom stereocenters. The Hall–Kier alpha value is -2.41. The normalized spacial score (nSPS) is 25.2. The summed E-state index contributed by atoms with van der Waals surface area (Å²) in [7, 11) is 0. The number of carbonyl (C=O) groups excluding carboxylic acids is 1. The first-order valence-corrected chi connectivity index (χ1v) is 7.93. The van der Waals surface area contributed by atoms with E-state index in [0.717, 1.165) is 0 Å². The molecule has 1 aliphatic carbocycles. The Morgan fingerprint density at radius 1 is 1.46 bits per heavy atom. The number of nitrogens with zero attached hydrogens (tertiary/aromatic N) is 2. The van der Waals surface area contributed by atoms with Crippen molar-refractivity contribution in [1.29, 1.82) is 0 Å². The third-order valence-electron chi connectivity index (χ3n) is 5.05. The van der Waals surface area contributed by atoms with Gasteiger partial charge in [-0.15, -0.1) is 0 Å². The molecule has 0 saturated heterocycles. The van der Waals surface area contributed by atoms with Crippen molar-refractivity contribution in [2.75, 3.05) is 6.61 Å². The van der Waals surface area contributed by atoms with Gasteiger partial charge >= 0.3 is 5.97 Å². The van der Waals surface area contributed by atoms with Gasteiger partial charge in [-0.2, -0.15) is 0 Å². The molecule has 1 fully saturated rings. The number of hydrogen-bond donors (Lipinski definition) is 2. The zero-order valence-corrected chi connectivity index (χ0v) is 13.9. The van der Waals surface area contributed by atoms with E-state index in [4.69, 9.17) is 4.74 Å². The SMILES string of the molecule is CCO[C@@H]1C[C@@](NC(=O)c2cn3ccccc3n2)(C(=O)O)C1(C)C. The van der Waals surface area contributed by atoms with Crippen LogP contribution in [0.15, 0.2) is 30.6 Å². The third-order valence-corrected chi connectivity index (χ3v) is 5.05. The van der Waals surface area contributed by atoms with Crippen LogP contribution in [0.1, 0.15) is 37.7 Å². The minimum absolute atomic E-state index is 0.192. The zero-order chi connectivity index (χ0) is 17.5. The van der Waals surface area contributed by atoms with Crippen LogP contribution in [0.4, 0.5) is 0 Å². The largest absolute Gasteiger partial charge is 0.479 e. The molecule has 1 aliphatic rings. The number of hydrogen-bond acceptors (Lipinski definition) is 4. The van der Waals surface area contributed by atoms with E-state index in [-0.39, 0.29) is 18.2 Å². The molecule has 24 heavy (non-hydrogen) atoms. The maximum absolute atomic E-state index is 12.6. The van der Waals surface area contributed by atoms with Crippen molar-refractivity contribution in [1.82, 2.24) is 14.7 Å². The Balaban J connectivity index is 1.87. The Morgan fingerprint density at radius 3 is 2.79 bits per heavy atom. The van der Waals surface area contributed by atoms with Gasteiger partial charge in [0.15, 0.2) is 0 Å². The van der Waals surface area contributed by atoms with Gasteiger partial charge in [-0.1, -0.05) is 19.9 Å². The van der Waals surface area contributed by atoms with Gasteiger partial charge in [0.25, 0.3) is 5.91 Å². The molecule has 1 amide bonds. The third kappa shape index (κ3) is 2.27. The van der Waals surface area contributed by atoms with E-state index in [1.165, 1.54) is 0 Å².